The Morgan fingerprint density at radius 2 is 1.70 bits per heavy atom. The smallest absolute Gasteiger partial charge is 0.323 e. The molecule has 0 bridgehead atoms. The van der Waals surface area contributed by atoms with Gasteiger partial charge in [0.1, 0.15) is 5.75 Å². The van der Waals surface area contributed by atoms with Crippen LogP contribution < -0.4 is 20.7 Å². The second-order valence-electron chi connectivity index (χ2n) is 5.69. The molecule has 0 aliphatic rings. The topological polar surface area (TPSA) is 88.2 Å². The van der Waals surface area contributed by atoms with Gasteiger partial charge in [0.25, 0.3) is 0 Å². The molecule has 0 aliphatic heterocycles. The number of hydrogen-bond acceptors (Lipinski definition) is 5. The van der Waals surface area contributed by atoms with Gasteiger partial charge in [-0.05, 0) is 61.5 Å². The van der Waals surface area contributed by atoms with Gasteiger partial charge in [0, 0.05) is 16.4 Å². The fourth-order valence-corrected chi connectivity index (χ4v) is 2.49. The zero-order valence-corrected chi connectivity index (χ0v) is 15.5. The molecule has 3 N–H and O–H groups in total. The number of nitrogens with one attached hydrogen (secondary N) is 3. The third-order valence-corrected chi connectivity index (χ3v) is 3.86. The molecule has 0 radical (unpaired) electrons. The van der Waals surface area contributed by atoms with Gasteiger partial charge in [-0.3, -0.25) is 0 Å². The molecule has 8 heteroatoms. The van der Waals surface area contributed by atoms with Crippen molar-refractivity contribution in [2.24, 2.45) is 0 Å². The predicted molar refractivity (Wildman–Crippen MR) is 107 cm³/mol. The molecule has 1 heterocycles. The van der Waals surface area contributed by atoms with Crippen LogP contribution in [0.25, 0.3) is 0 Å². The first kappa shape index (κ1) is 18.5. The second-order valence-corrected chi connectivity index (χ2v) is 6.12. The van der Waals surface area contributed by atoms with Crippen molar-refractivity contribution in [2.45, 2.75) is 6.92 Å². The standard InChI is InChI=1S/C19H18ClN5O2/c1-12-3-10-18(25-24-12)21-14-5-7-15(8-6-14)22-19(26)23-16-11-13(20)4-9-17(16)27-2/h3-11H,1-2H3,(H,21,25)(H2,22,23,26). The lowest BCUT2D eigenvalue weighted by Gasteiger charge is -2.12. The molecule has 1 aromatic heterocycles. The number of amides is 2. The average Bonchev–Trinajstić information content (AvgIpc) is 2.65. The van der Waals surface area contributed by atoms with Gasteiger partial charge in [0.2, 0.25) is 0 Å². The number of hydrogen-bond donors (Lipinski definition) is 3. The van der Waals surface area contributed by atoms with Crippen molar-refractivity contribution in [1.82, 2.24) is 10.2 Å². The number of rotatable bonds is 5. The average molecular weight is 384 g/mol. The molecule has 0 saturated carbocycles. The van der Waals surface area contributed by atoms with Crippen LogP contribution in [0, 0.1) is 6.92 Å². The van der Waals surface area contributed by atoms with Gasteiger partial charge in [-0.1, -0.05) is 11.6 Å². The summed E-state index contributed by atoms with van der Waals surface area (Å²) in [5.74, 6) is 1.17. The number of nitrogens with zero attached hydrogens (tertiary/aromatic N) is 2. The second kappa shape index (κ2) is 8.37. The van der Waals surface area contributed by atoms with Gasteiger partial charge < -0.3 is 20.7 Å². The van der Waals surface area contributed by atoms with Gasteiger partial charge in [-0.25, -0.2) is 4.79 Å². The van der Waals surface area contributed by atoms with E-state index in [0.717, 1.165) is 11.4 Å². The number of aryl methyl sites for hydroxylation is 1. The zero-order chi connectivity index (χ0) is 19.2. The molecular formula is C19H18ClN5O2. The van der Waals surface area contributed by atoms with Crippen molar-refractivity contribution in [1.29, 1.82) is 0 Å². The van der Waals surface area contributed by atoms with Crippen LogP contribution in [-0.4, -0.2) is 23.3 Å². The third kappa shape index (κ3) is 5.08. The Hall–Kier alpha value is -3.32. The van der Waals surface area contributed by atoms with E-state index >= 15 is 0 Å². The fourth-order valence-electron chi connectivity index (χ4n) is 2.31. The maximum atomic E-state index is 12.2. The largest absolute Gasteiger partial charge is 0.495 e. The van der Waals surface area contributed by atoms with Crippen LogP contribution in [0.1, 0.15) is 5.69 Å². The zero-order valence-electron chi connectivity index (χ0n) is 14.8. The molecule has 138 valence electrons. The quantitative estimate of drug-likeness (QED) is 0.587. The first-order valence-electron chi connectivity index (χ1n) is 8.12. The van der Waals surface area contributed by atoms with Crippen LogP contribution in [0.2, 0.25) is 5.02 Å². The van der Waals surface area contributed by atoms with Crippen molar-refractivity contribution < 1.29 is 9.53 Å². The normalized spacial score (nSPS) is 10.2. The Morgan fingerprint density at radius 3 is 2.37 bits per heavy atom. The van der Waals surface area contributed by atoms with Gasteiger partial charge >= 0.3 is 6.03 Å². The summed E-state index contributed by atoms with van der Waals surface area (Å²) < 4.78 is 5.21. The van der Waals surface area contributed by atoms with Crippen LogP contribution >= 0.6 is 11.6 Å². The molecule has 27 heavy (non-hydrogen) atoms. The Morgan fingerprint density at radius 1 is 0.963 bits per heavy atom. The number of carbonyl (C=O) groups excluding carboxylic acids is 1. The minimum atomic E-state index is -0.402. The minimum Gasteiger partial charge on any atom is -0.495 e. The number of urea groups is 1. The molecule has 3 aromatic rings. The van der Waals surface area contributed by atoms with Crippen molar-refractivity contribution in [3.05, 3.63) is 65.3 Å². The number of anilines is 4. The molecule has 3 rings (SSSR count). The highest BCUT2D eigenvalue weighted by Gasteiger charge is 2.08. The summed E-state index contributed by atoms with van der Waals surface area (Å²) in [6.45, 7) is 1.88. The highest BCUT2D eigenvalue weighted by atomic mass is 35.5. The third-order valence-electron chi connectivity index (χ3n) is 3.62. The minimum absolute atomic E-state index is 0.402. The maximum Gasteiger partial charge on any atom is 0.323 e. The highest BCUT2D eigenvalue weighted by molar-refractivity contribution is 6.31. The highest BCUT2D eigenvalue weighted by Crippen LogP contribution is 2.27. The SMILES string of the molecule is COc1ccc(Cl)cc1NC(=O)Nc1ccc(Nc2ccc(C)nn2)cc1. The van der Waals surface area contributed by atoms with E-state index in [2.05, 4.69) is 26.1 Å². The molecule has 0 saturated heterocycles. The molecule has 0 spiro atoms. The summed E-state index contributed by atoms with van der Waals surface area (Å²) in [5.41, 5.74) is 2.80. The maximum absolute atomic E-state index is 12.2. The molecule has 0 fully saturated rings. The van der Waals surface area contributed by atoms with E-state index in [-0.39, 0.29) is 0 Å². The lowest BCUT2D eigenvalue weighted by atomic mass is 10.2. The Kier molecular flexibility index (Phi) is 5.73. The fraction of sp³-hybridized carbons (Fsp3) is 0.105. The number of carbonyl (C=O) groups is 1. The molecular weight excluding hydrogens is 366 g/mol. The Balaban J connectivity index is 1.61. The Labute approximate surface area is 161 Å². The van der Waals surface area contributed by atoms with Crippen LogP contribution in [0.15, 0.2) is 54.6 Å². The van der Waals surface area contributed by atoms with E-state index in [1.165, 1.54) is 7.11 Å². The predicted octanol–water partition coefficient (Wildman–Crippen LogP) is 4.83. The number of ether oxygens (including phenoxy) is 1. The van der Waals surface area contributed by atoms with Gasteiger partial charge in [0.05, 0.1) is 18.5 Å². The van der Waals surface area contributed by atoms with Crippen molar-refractivity contribution in [3.8, 4) is 5.75 Å². The summed E-state index contributed by atoms with van der Waals surface area (Å²) >= 11 is 5.97. The number of halogens is 1. The van der Waals surface area contributed by atoms with Gasteiger partial charge in [0.15, 0.2) is 5.82 Å². The van der Waals surface area contributed by atoms with Crippen molar-refractivity contribution in [3.63, 3.8) is 0 Å². The van der Waals surface area contributed by atoms with Gasteiger partial charge in [-0.15, -0.1) is 5.10 Å². The number of benzene rings is 2. The Bertz CT molecular complexity index is 930. The van der Waals surface area contributed by atoms with Crippen LogP contribution in [0.4, 0.5) is 27.7 Å². The van der Waals surface area contributed by atoms with Gasteiger partial charge in [-0.2, -0.15) is 5.10 Å². The van der Waals surface area contributed by atoms with Crippen LogP contribution in [0.5, 0.6) is 5.75 Å². The van der Waals surface area contributed by atoms with Crippen molar-refractivity contribution >= 4 is 40.5 Å². The van der Waals surface area contributed by atoms with E-state index in [1.54, 1.807) is 30.3 Å². The summed E-state index contributed by atoms with van der Waals surface area (Å²) in [6.07, 6.45) is 0. The first-order chi connectivity index (χ1) is 13.0. The number of methoxy groups -OCH3 is 1. The lowest BCUT2D eigenvalue weighted by molar-refractivity contribution is 0.262. The molecule has 0 unspecified atom stereocenters. The van der Waals surface area contributed by atoms with Crippen LogP contribution in [0.3, 0.4) is 0 Å². The van der Waals surface area contributed by atoms with Crippen molar-refractivity contribution in [2.75, 3.05) is 23.1 Å². The van der Waals surface area contributed by atoms with E-state index in [9.17, 15) is 4.79 Å². The molecule has 0 aliphatic carbocycles. The molecule has 2 amide bonds. The van der Waals surface area contributed by atoms with E-state index < -0.39 is 6.03 Å². The monoisotopic (exact) mass is 383 g/mol. The van der Waals surface area contributed by atoms with E-state index in [0.29, 0.717) is 28.0 Å². The summed E-state index contributed by atoms with van der Waals surface area (Å²) in [7, 11) is 1.52. The van der Waals surface area contributed by atoms with E-state index in [1.807, 2.05) is 31.2 Å². The van der Waals surface area contributed by atoms with Crippen LogP contribution in [-0.2, 0) is 0 Å². The molecule has 2 aromatic carbocycles. The molecule has 7 nitrogen and oxygen atoms in total. The lowest BCUT2D eigenvalue weighted by Crippen LogP contribution is -2.19. The first-order valence-corrected chi connectivity index (χ1v) is 8.50. The van der Waals surface area contributed by atoms with E-state index in [4.69, 9.17) is 16.3 Å². The number of aromatic nitrogens is 2. The summed E-state index contributed by atoms with van der Waals surface area (Å²) in [4.78, 5) is 12.2. The molecule has 0 atom stereocenters. The summed E-state index contributed by atoms with van der Waals surface area (Å²) in [6, 6.07) is 15.5. The summed E-state index contributed by atoms with van der Waals surface area (Å²) in [5, 5.41) is 17.2.